The molecule has 1 heterocycles. The van der Waals surface area contributed by atoms with Crippen molar-refractivity contribution in [2.45, 2.75) is 33.4 Å². The number of hydrogen-bond acceptors (Lipinski definition) is 3. The van der Waals surface area contributed by atoms with E-state index in [4.69, 9.17) is 27.6 Å². The third-order valence-electron chi connectivity index (χ3n) is 3.49. The second kappa shape index (κ2) is 9.48. The third kappa shape index (κ3) is 5.53. The van der Waals surface area contributed by atoms with Crippen LogP contribution in [0, 0.1) is 13.8 Å². The number of aryl methyl sites for hydroxylation is 2. The Kier molecular flexibility index (Phi) is 8.32. The van der Waals surface area contributed by atoms with Crippen LogP contribution >= 0.6 is 47.2 Å². The first-order valence-electron chi connectivity index (χ1n) is 7.25. The standard InChI is InChI=1S/C16H20Cl2N4O.HI/c1-9-11(3)23-15(21-9)8-20-16(19-4)22-10(2)13-6-5-12(17)7-14(13)18;/h5-7,10H,8H2,1-4H3,(H2,19,20,22);1H. The summed E-state index contributed by atoms with van der Waals surface area (Å²) in [6.45, 7) is 6.26. The van der Waals surface area contributed by atoms with Crippen molar-refractivity contribution in [3.05, 3.63) is 51.2 Å². The topological polar surface area (TPSA) is 62.5 Å². The molecule has 24 heavy (non-hydrogen) atoms. The summed E-state index contributed by atoms with van der Waals surface area (Å²) < 4.78 is 5.54. The molecular weight excluding hydrogens is 462 g/mol. The molecule has 0 saturated carbocycles. The maximum Gasteiger partial charge on any atom is 0.214 e. The lowest BCUT2D eigenvalue weighted by Crippen LogP contribution is -2.38. The zero-order valence-electron chi connectivity index (χ0n) is 14.0. The molecule has 8 heteroatoms. The molecule has 0 spiro atoms. The molecule has 2 aromatic rings. The summed E-state index contributed by atoms with van der Waals surface area (Å²) in [5.74, 6) is 2.09. The van der Waals surface area contributed by atoms with E-state index in [9.17, 15) is 0 Å². The molecule has 1 aromatic heterocycles. The minimum absolute atomic E-state index is 0. The van der Waals surface area contributed by atoms with Crippen LogP contribution in [0.4, 0.5) is 0 Å². The highest BCUT2D eigenvalue weighted by Crippen LogP contribution is 2.25. The normalized spacial score (nSPS) is 12.5. The summed E-state index contributed by atoms with van der Waals surface area (Å²) in [6.07, 6.45) is 0. The van der Waals surface area contributed by atoms with Gasteiger partial charge in [0.25, 0.3) is 0 Å². The number of halogens is 3. The van der Waals surface area contributed by atoms with Crippen LogP contribution in [0.25, 0.3) is 0 Å². The average Bonchev–Trinajstić information content (AvgIpc) is 2.81. The van der Waals surface area contributed by atoms with Gasteiger partial charge in [-0.3, -0.25) is 4.99 Å². The lowest BCUT2D eigenvalue weighted by atomic mass is 10.1. The van der Waals surface area contributed by atoms with Crippen LogP contribution in [0.3, 0.4) is 0 Å². The number of rotatable bonds is 4. The molecule has 0 aliphatic heterocycles. The number of aliphatic imine (C=N–C) groups is 1. The second-order valence-corrected chi connectivity index (χ2v) is 6.05. The molecule has 0 bridgehead atoms. The maximum absolute atomic E-state index is 6.23. The fourth-order valence-corrected chi connectivity index (χ4v) is 2.68. The molecule has 1 atom stereocenters. The summed E-state index contributed by atoms with van der Waals surface area (Å²) in [4.78, 5) is 8.53. The van der Waals surface area contributed by atoms with Crippen molar-refractivity contribution in [3.63, 3.8) is 0 Å². The van der Waals surface area contributed by atoms with Crippen molar-refractivity contribution < 1.29 is 4.42 Å². The number of hydrogen-bond donors (Lipinski definition) is 2. The Morgan fingerprint density at radius 2 is 2.04 bits per heavy atom. The highest BCUT2D eigenvalue weighted by atomic mass is 127. The van der Waals surface area contributed by atoms with Crippen LogP contribution in [-0.4, -0.2) is 18.0 Å². The first kappa shape index (κ1) is 21.1. The van der Waals surface area contributed by atoms with Gasteiger partial charge in [0.15, 0.2) is 5.96 Å². The van der Waals surface area contributed by atoms with Gasteiger partial charge in [-0.1, -0.05) is 29.3 Å². The zero-order valence-corrected chi connectivity index (χ0v) is 17.8. The quantitative estimate of drug-likeness (QED) is 0.378. The van der Waals surface area contributed by atoms with Gasteiger partial charge in [0.2, 0.25) is 5.89 Å². The lowest BCUT2D eigenvalue weighted by molar-refractivity contribution is 0.463. The minimum atomic E-state index is -0.0287. The Hall–Kier alpha value is -0.990. The summed E-state index contributed by atoms with van der Waals surface area (Å²) in [7, 11) is 1.71. The molecule has 2 N–H and O–H groups in total. The largest absolute Gasteiger partial charge is 0.444 e. The van der Waals surface area contributed by atoms with Crippen molar-refractivity contribution in [2.24, 2.45) is 4.99 Å². The van der Waals surface area contributed by atoms with Crippen molar-refractivity contribution in [2.75, 3.05) is 7.05 Å². The summed E-state index contributed by atoms with van der Waals surface area (Å²) in [6, 6.07) is 5.41. The van der Waals surface area contributed by atoms with E-state index in [1.165, 1.54) is 0 Å². The summed E-state index contributed by atoms with van der Waals surface area (Å²) in [5, 5.41) is 7.68. The smallest absolute Gasteiger partial charge is 0.214 e. The molecule has 0 radical (unpaired) electrons. The molecular formula is C16H21Cl2IN4O. The van der Waals surface area contributed by atoms with Crippen molar-refractivity contribution in [1.82, 2.24) is 15.6 Å². The molecule has 0 aliphatic rings. The molecule has 0 fully saturated rings. The number of aromatic nitrogens is 1. The Labute approximate surface area is 169 Å². The number of guanidine groups is 1. The van der Waals surface area contributed by atoms with Crippen LogP contribution in [0.1, 0.15) is 35.9 Å². The van der Waals surface area contributed by atoms with E-state index < -0.39 is 0 Å². The van der Waals surface area contributed by atoms with Crippen LogP contribution in [0.2, 0.25) is 10.0 Å². The van der Waals surface area contributed by atoms with E-state index in [-0.39, 0.29) is 30.0 Å². The minimum Gasteiger partial charge on any atom is -0.444 e. The number of nitrogens with zero attached hydrogens (tertiary/aromatic N) is 2. The van der Waals surface area contributed by atoms with E-state index >= 15 is 0 Å². The van der Waals surface area contributed by atoms with Gasteiger partial charge in [-0.05, 0) is 38.5 Å². The van der Waals surface area contributed by atoms with Gasteiger partial charge in [0.05, 0.1) is 18.3 Å². The summed E-state index contributed by atoms with van der Waals surface area (Å²) in [5.41, 5.74) is 1.84. The van der Waals surface area contributed by atoms with Gasteiger partial charge >= 0.3 is 0 Å². The molecule has 1 aromatic carbocycles. The zero-order chi connectivity index (χ0) is 17.0. The SMILES string of the molecule is CN=C(NCc1nc(C)c(C)o1)NC(C)c1ccc(Cl)cc1Cl.I. The number of oxazole rings is 1. The maximum atomic E-state index is 6.23. The monoisotopic (exact) mass is 482 g/mol. The Morgan fingerprint density at radius 3 is 2.58 bits per heavy atom. The fraction of sp³-hybridized carbons (Fsp3) is 0.375. The predicted molar refractivity (Wildman–Crippen MR) is 110 cm³/mol. The second-order valence-electron chi connectivity index (χ2n) is 5.21. The van der Waals surface area contributed by atoms with Gasteiger partial charge in [-0.15, -0.1) is 24.0 Å². The van der Waals surface area contributed by atoms with E-state index in [0.717, 1.165) is 17.0 Å². The van der Waals surface area contributed by atoms with Gasteiger partial charge in [0, 0.05) is 17.1 Å². The average molecular weight is 483 g/mol. The number of nitrogens with one attached hydrogen (secondary N) is 2. The molecule has 1 unspecified atom stereocenters. The van der Waals surface area contributed by atoms with E-state index in [2.05, 4.69) is 20.6 Å². The van der Waals surface area contributed by atoms with Gasteiger partial charge in [0.1, 0.15) is 5.76 Å². The Balaban J connectivity index is 0.00000288. The molecule has 0 amide bonds. The molecule has 2 rings (SSSR count). The van der Waals surface area contributed by atoms with Gasteiger partial charge < -0.3 is 15.1 Å². The van der Waals surface area contributed by atoms with E-state index in [1.54, 1.807) is 13.1 Å². The van der Waals surface area contributed by atoms with Gasteiger partial charge in [-0.25, -0.2) is 4.98 Å². The molecule has 0 saturated heterocycles. The number of benzene rings is 1. The highest BCUT2D eigenvalue weighted by Gasteiger charge is 2.12. The fourth-order valence-electron chi connectivity index (χ4n) is 2.10. The first-order chi connectivity index (χ1) is 10.9. The van der Waals surface area contributed by atoms with Gasteiger partial charge in [-0.2, -0.15) is 0 Å². The summed E-state index contributed by atoms with van der Waals surface area (Å²) >= 11 is 12.2. The van der Waals surface area contributed by atoms with E-state index in [0.29, 0.717) is 28.4 Å². The Bertz CT molecular complexity index is 699. The van der Waals surface area contributed by atoms with Crippen molar-refractivity contribution in [3.8, 4) is 0 Å². The van der Waals surface area contributed by atoms with Crippen molar-refractivity contribution in [1.29, 1.82) is 0 Å². The molecule has 0 aliphatic carbocycles. The van der Waals surface area contributed by atoms with Crippen LogP contribution in [-0.2, 0) is 6.54 Å². The van der Waals surface area contributed by atoms with E-state index in [1.807, 2.05) is 32.9 Å². The predicted octanol–water partition coefficient (Wildman–Crippen LogP) is 4.64. The first-order valence-corrected chi connectivity index (χ1v) is 8.01. The van der Waals surface area contributed by atoms with Crippen molar-refractivity contribution >= 4 is 53.1 Å². The molecule has 132 valence electrons. The highest BCUT2D eigenvalue weighted by molar-refractivity contribution is 14.0. The van der Waals surface area contributed by atoms with Crippen LogP contribution in [0.15, 0.2) is 27.6 Å². The third-order valence-corrected chi connectivity index (χ3v) is 4.05. The van der Waals surface area contributed by atoms with Crippen LogP contribution < -0.4 is 10.6 Å². The molecule has 5 nitrogen and oxygen atoms in total. The lowest BCUT2D eigenvalue weighted by Gasteiger charge is -2.19. The Morgan fingerprint density at radius 1 is 1.33 bits per heavy atom. The van der Waals surface area contributed by atoms with Crippen LogP contribution in [0.5, 0.6) is 0 Å².